The van der Waals surface area contributed by atoms with Crippen molar-refractivity contribution in [2.45, 2.75) is 13.5 Å². The molecular weight excluding hydrogens is 346 g/mol. The van der Waals surface area contributed by atoms with Crippen LogP contribution in [0, 0.1) is 18.3 Å². The molecule has 136 valence electrons. The molecule has 7 nitrogen and oxygen atoms in total. The van der Waals surface area contributed by atoms with Crippen molar-refractivity contribution in [1.29, 1.82) is 5.26 Å². The van der Waals surface area contributed by atoms with E-state index < -0.39 is 18.5 Å². The van der Waals surface area contributed by atoms with E-state index in [1.54, 1.807) is 36.0 Å². The maximum Gasteiger partial charge on any atom is 0.343 e. The molecule has 27 heavy (non-hydrogen) atoms. The van der Waals surface area contributed by atoms with Crippen LogP contribution in [0.3, 0.4) is 0 Å². The van der Waals surface area contributed by atoms with E-state index in [4.69, 9.17) is 9.15 Å². The molecular formula is C20H17N3O4. The maximum absolute atomic E-state index is 12.4. The third-order valence-electron chi connectivity index (χ3n) is 3.89. The summed E-state index contributed by atoms with van der Waals surface area (Å²) < 4.78 is 12.2. The third-order valence-corrected chi connectivity index (χ3v) is 3.89. The summed E-state index contributed by atoms with van der Waals surface area (Å²) in [5.74, 6) is -0.719. The number of nitrogens with zero attached hydrogens (tertiary/aromatic N) is 2. The Hall–Kier alpha value is -3.79. The van der Waals surface area contributed by atoms with Crippen molar-refractivity contribution < 1.29 is 18.7 Å². The minimum absolute atomic E-state index is 0.0251. The van der Waals surface area contributed by atoms with Gasteiger partial charge in [-0.3, -0.25) is 9.36 Å². The fourth-order valence-corrected chi connectivity index (χ4v) is 2.58. The highest BCUT2D eigenvalue weighted by Gasteiger charge is 2.26. The number of furan rings is 1. The Morgan fingerprint density at radius 1 is 1.19 bits per heavy atom. The molecule has 0 bridgehead atoms. The van der Waals surface area contributed by atoms with Gasteiger partial charge < -0.3 is 14.5 Å². The predicted octanol–water partition coefficient (Wildman–Crippen LogP) is 2.72. The van der Waals surface area contributed by atoms with E-state index in [0.29, 0.717) is 6.54 Å². The summed E-state index contributed by atoms with van der Waals surface area (Å²) in [4.78, 5) is 24.3. The van der Waals surface area contributed by atoms with Gasteiger partial charge in [0.25, 0.3) is 5.91 Å². The Morgan fingerprint density at radius 3 is 2.56 bits per heavy atom. The number of rotatable bonds is 6. The molecule has 3 aromatic rings. The van der Waals surface area contributed by atoms with Gasteiger partial charge in [-0.05, 0) is 24.6 Å². The van der Waals surface area contributed by atoms with Gasteiger partial charge in [0.1, 0.15) is 23.0 Å². The fourth-order valence-electron chi connectivity index (χ4n) is 2.58. The van der Waals surface area contributed by atoms with Gasteiger partial charge in [-0.15, -0.1) is 0 Å². The van der Waals surface area contributed by atoms with Crippen molar-refractivity contribution >= 4 is 11.9 Å². The molecule has 0 fully saturated rings. The predicted molar refractivity (Wildman–Crippen MR) is 96.1 cm³/mol. The number of carbonyl (C=O) groups excluding carboxylic acids is 2. The van der Waals surface area contributed by atoms with Crippen molar-refractivity contribution in [3.05, 3.63) is 77.3 Å². The van der Waals surface area contributed by atoms with Crippen molar-refractivity contribution in [2.24, 2.45) is 0 Å². The Kier molecular flexibility index (Phi) is 5.38. The molecule has 2 heterocycles. The summed E-state index contributed by atoms with van der Waals surface area (Å²) in [6.07, 6.45) is 3.40. The zero-order chi connectivity index (χ0) is 19.2. The number of amides is 1. The van der Waals surface area contributed by atoms with Crippen LogP contribution in [0.1, 0.15) is 27.2 Å². The molecule has 1 N–H and O–H groups in total. The smallest absolute Gasteiger partial charge is 0.343 e. The molecule has 1 amide bonds. The molecule has 1 aromatic carbocycles. The number of esters is 1. The molecule has 0 spiro atoms. The second kappa shape index (κ2) is 8.06. The van der Waals surface area contributed by atoms with Crippen molar-refractivity contribution in [2.75, 3.05) is 6.61 Å². The first-order chi connectivity index (χ1) is 13.1. The first-order valence-corrected chi connectivity index (χ1v) is 8.24. The largest absolute Gasteiger partial charge is 0.452 e. The molecule has 0 radical (unpaired) electrons. The van der Waals surface area contributed by atoms with E-state index in [1.807, 2.05) is 36.4 Å². The lowest BCUT2D eigenvalue weighted by Crippen LogP contribution is -2.28. The molecule has 2 aromatic heterocycles. The fraction of sp³-hybridized carbons (Fsp3) is 0.150. The van der Waals surface area contributed by atoms with Crippen LogP contribution in [0.25, 0.3) is 5.88 Å². The van der Waals surface area contributed by atoms with E-state index in [9.17, 15) is 14.9 Å². The van der Waals surface area contributed by atoms with Crippen LogP contribution in [0.5, 0.6) is 0 Å². The normalized spacial score (nSPS) is 10.2. The van der Waals surface area contributed by atoms with Gasteiger partial charge >= 0.3 is 5.97 Å². The number of ether oxygens (including phenoxy) is 1. The third kappa shape index (κ3) is 4.07. The zero-order valence-electron chi connectivity index (χ0n) is 14.6. The van der Waals surface area contributed by atoms with Crippen LogP contribution in [-0.2, 0) is 16.1 Å². The first-order valence-electron chi connectivity index (χ1n) is 8.24. The van der Waals surface area contributed by atoms with Crippen molar-refractivity contribution in [3.63, 3.8) is 0 Å². The number of nitriles is 1. The molecule has 0 unspecified atom stereocenters. The van der Waals surface area contributed by atoms with Gasteiger partial charge in [0, 0.05) is 18.9 Å². The summed E-state index contributed by atoms with van der Waals surface area (Å²) in [7, 11) is 0. The molecule has 0 aliphatic heterocycles. The lowest BCUT2D eigenvalue weighted by atomic mass is 10.1. The Morgan fingerprint density at radius 2 is 1.89 bits per heavy atom. The van der Waals surface area contributed by atoms with Gasteiger partial charge in [0.15, 0.2) is 6.61 Å². The SMILES string of the molecule is Cc1oc(-n2cccc2)c(C#N)c1C(=O)OCC(=O)NCc1ccccc1. The standard InChI is InChI=1S/C20H17N3O4/c1-14-18(16(11-21)19(27-14)23-9-5-6-10-23)20(25)26-13-17(24)22-12-15-7-3-2-4-8-15/h2-10H,12-13H2,1H3,(H,22,24). The van der Waals surface area contributed by atoms with Gasteiger partial charge in [0.2, 0.25) is 5.88 Å². The highest BCUT2D eigenvalue weighted by molar-refractivity contribution is 5.95. The average Bonchev–Trinajstić information content (AvgIpc) is 3.32. The van der Waals surface area contributed by atoms with E-state index >= 15 is 0 Å². The zero-order valence-corrected chi connectivity index (χ0v) is 14.6. The van der Waals surface area contributed by atoms with Crippen LogP contribution in [0.15, 0.2) is 59.3 Å². The lowest BCUT2D eigenvalue weighted by molar-refractivity contribution is -0.124. The summed E-state index contributed by atoms with van der Waals surface area (Å²) in [5, 5.41) is 12.1. The molecule has 0 saturated carbocycles. The highest BCUT2D eigenvalue weighted by Crippen LogP contribution is 2.26. The van der Waals surface area contributed by atoms with Crippen LogP contribution < -0.4 is 5.32 Å². The van der Waals surface area contributed by atoms with E-state index in [0.717, 1.165) is 5.56 Å². The first kappa shape index (κ1) is 18.0. The number of hydrogen-bond donors (Lipinski definition) is 1. The van der Waals surface area contributed by atoms with Crippen LogP contribution in [-0.4, -0.2) is 23.1 Å². The summed E-state index contributed by atoms with van der Waals surface area (Å²) in [5.41, 5.74) is 1.03. The van der Waals surface area contributed by atoms with E-state index in [-0.39, 0.29) is 22.8 Å². The maximum atomic E-state index is 12.4. The minimum Gasteiger partial charge on any atom is -0.452 e. The number of benzene rings is 1. The molecule has 0 saturated heterocycles. The van der Waals surface area contributed by atoms with Crippen molar-refractivity contribution in [3.8, 4) is 12.0 Å². The quantitative estimate of drug-likeness (QED) is 0.679. The van der Waals surface area contributed by atoms with E-state index in [1.165, 1.54) is 0 Å². The molecule has 0 aliphatic carbocycles. The van der Waals surface area contributed by atoms with Gasteiger partial charge in [-0.1, -0.05) is 30.3 Å². The summed E-state index contributed by atoms with van der Waals surface area (Å²) in [6, 6.07) is 14.9. The highest BCUT2D eigenvalue weighted by atomic mass is 16.5. The second-order valence-electron chi connectivity index (χ2n) is 5.75. The second-order valence-corrected chi connectivity index (χ2v) is 5.75. The number of nitrogens with one attached hydrogen (secondary N) is 1. The molecule has 7 heteroatoms. The molecule has 0 atom stereocenters. The van der Waals surface area contributed by atoms with E-state index in [2.05, 4.69) is 5.32 Å². The van der Waals surface area contributed by atoms with Crippen LogP contribution in [0.2, 0.25) is 0 Å². The topological polar surface area (TPSA) is 97.3 Å². The number of aryl methyl sites for hydroxylation is 1. The van der Waals surface area contributed by atoms with Crippen molar-refractivity contribution in [1.82, 2.24) is 9.88 Å². The minimum atomic E-state index is -0.777. The Labute approximate surface area is 155 Å². The number of aromatic nitrogens is 1. The Bertz CT molecular complexity index is 982. The van der Waals surface area contributed by atoms with Gasteiger partial charge in [0.05, 0.1) is 0 Å². The van der Waals surface area contributed by atoms with Crippen LogP contribution in [0.4, 0.5) is 0 Å². The molecule has 0 aliphatic rings. The lowest BCUT2D eigenvalue weighted by Gasteiger charge is -2.06. The number of hydrogen-bond acceptors (Lipinski definition) is 5. The summed E-state index contributed by atoms with van der Waals surface area (Å²) in [6.45, 7) is 1.46. The van der Waals surface area contributed by atoms with Gasteiger partial charge in [-0.2, -0.15) is 5.26 Å². The number of carbonyl (C=O) groups is 2. The van der Waals surface area contributed by atoms with Crippen LogP contribution >= 0.6 is 0 Å². The molecule has 3 rings (SSSR count). The monoisotopic (exact) mass is 363 g/mol. The summed E-state index contributed by atoms with van der Waals surface area (Å²) >= 11 is 0. The van der Waals surface area contributed by atoms with Gasteiger partial charge in [-0.25, -0.2) is 4.79 Å². The average molecular weight is 363 g/mol. The Balaban J connectivity index is 1.64.